The second-order valence-corrected chi connectivity index (χ2v) is 3.51. The molecule has 0 aliphatic carbocycles. The topological polar surface area (TPSA) is 72.7 Å². The van der Waals surface area contributed by atoms with Crippen molar-refractivity contribution in [1.29, 1.82) is 0 Å². The molecule has 64 valence electrons. The smallest absolute Gasteiger partial charge is 0.168 e. The van der Waals surface area contributed by atoms with Crippen molar-refractivity contribution in [1.82, 2.24) is 5.32 Å². The van der Waals surface area contributed by atoms with E-state index in [1.54, 1.807) is 0 Å². The van der Waals surface area contributed by atoms with Gasteiger partial charge in [0.25, 0.3) is 0 Å². The molecule has 0 saturated carbocycles. The molecule has 0 unspecified atom stereocenters. The van der Waals surface area contributed by atoms with E-state index in [0.717, 1.165) is 6.42 Å². The van der Waals surface area contributed by atoms with Gasteiger partial charge in [0.15, 0.2) is 5.72 Å². The normalized spacial score (nSPS) is 56.5. The molecule has 2 bridgehead atoms. The summed E-state index contributed by atoms with van der Waals surface area (Å²) >= 11 is 0. The molecular weight excluding hydrogens is 146 g/mol. The van der Waals surface area contributed by atoms with E-state index >= 15 is 0 Å². The molecule has 2 fully saturated rings. The van der Waals surface area contributed by atoms with Crippen LogP contribution in [0.25, 0.3) is 0 Å². The lowest BCUT2D eigenvalue weighted by molar-refractivity contribution is -0.153. The monoisotopic (exact) mass is 159 g/mol. The van der Waals surface area contributed by atoms with Crippen molar-refractivity contribution in [3.63, 3.8) is 0 Å². The van der Waals surface area contributed by atoms with E-state index in [4.69, 9.17) is 0 Å². The number of nitrogens with one attached hydrogen (secondary N) is 1. The van der Waals surface area contributed by atoms with Crippen molar-refractivity contribution < 1.29 is 15.3 Å². The lowest BCUT2D eigenvalue weighted by Gasteiger charge is -2.35. The Bertz CT molecular complexity index is 169. The van der Waals surface area contributed by atoms with Crippen LogP contribution in [0.15, 0.2) is 0 Å². The van der Waals surface area contributed by atoms with Crippen LogP contribution in [-0.4, -0.2) is 39.3 Å². The van der Waals surface area contributed by atoms with Crippen LogP contribution in [0, 0.1) is 0 Å². The molecule has 2 saturated heterocycles. The van der Waals surface area contributed by atoms with Crippen LogP contribution < -0.4 is 5.32 Å². The van der Waals surface area contributed by atoms with Gasteiger partial charge in [-0.1, -0.05) is 0 Å². The third-order valence-corrected chi connectivity index (χ3v) is 2.75. The Morgan fingerprint density at radius 3 is 2.55 bits per heavy atom. The van der Waals surface area contributed by atoms with Gasteiger partial charge in [-0.05, 0) is 19.3 Å². The minimum absolute atomic E-state index is 0.179. The van der Waals surface area contributed by atoms with E-state index in [1.165, 1.54) is 0 Å². The summed E-state index contributed by atoms with van der Waals surface area (Å²) in [5, 5.41) is 31.2. The molecule has 4 nitrogen and oxygen atoms in total. The molecule has 2 heterocycles. The fourth-order valence-electron chi connectivity index (χ4n) is 2.02. The first-order valence-electron chi connectivity index (χ1n) is 3.99. The summed E-state index contributed by atoms with van der Waals surface area (Å²) in [7, 11) is 0. The molecule has 0 spiro atoms. The van der Waals surface area contributed by atoms with Crippen molar-refractivity contribution >= 4 is 0 Å². The summed E-state index contributed by atoms with van der Waals surface area (Å²) in [4.78, 5) is 0. The van der Waals surface area contributed by atoms with E-state index < -0.39 is 17.9 Å². The highest BCUT2D eigenvalue weighted by Crippen LogP contribution is 2.33. The Balaban J connectivity index is 2.23. The highest BCUT2D eigenvalue weighted by atomic mass is 16.4. The van der Waals surface area contributed by atoms with Gasteiger partial charge in [0, 0.05) is 6.04 Å². The summed E-state index contributed by atoms with van der Waals surface area (Å²) in [6, 6.07) is 0.179. The van der Waals surface area contributed by atoms with Crippen molar-refractivity contribution in [3.05, 3.63) is 0 Å². The summed E-state index contributed by atoms with van der Waals surface area (Å²) in [5.74, 6) is 0. The fraction of sp³-hybridized carbons (Fsp3) is 1.00. The van der Waals surface area contributed by atoms with Crippen LogP contribution in [0.5, 0.6) is 0 Å². The maximum atomic E-state index is 9.65. The minimum Gasteiger partial charge on any atom is -0.389 e. The zero-order valence-electron chi connectivity index (χ0n) is 6.20. The summed E-state index contributed by atoms with van der Waals surface area (Å²) in [6.45, 7) is 0. The van der Waals surface area contributed by atoms with Gasteiger partial charge in [0.1, 0.15) is 6.10 Å². The van der Waals surface area contributed by atoms with Gasteiger partial charge < -0.3 is 15.3 Å². The first kappa shape index (κ1) is 7.49. The molecule has 0 aromatic carbocycles. The maximum absolute atomic E-state index is 9.65. The van der Waals surface area contributed by atoms with Crippen LogP contribution in [0.3, 0.4) is 0 Å². The fourth-order valence-corrected chi connectivity index (χ4v) is 2.02. The zero-order valence-corrected chi connectivity index (χ0v) is 6.20. The van der Waals surface area contributed by atoms with E-state index in [1.807, 2.05) is 0 Å². The standard InChI is InChI=1S/C7H13NO3/c9-5-2-1-4-3-6(10)7(5,11)8-4/h4-6,8-11H,1-3H2/t4-,5-,6-,7-/m0/s1. The molecule has 4 heteroatoms. The molecule has 0 amide bonds. The maximum Gasteiger partial charge on any atom is 0.168 e. The predicted molar refractivity (Wildman–Crippen MR) is 37.7 cm³/mol. The summed E-state index contributed by atoms with van der Waals surface area (Å²) in [6.07, 6.45) is 0.320. The summed E-state index contributed by atoms with van der Waals surface area (Å²) < 4.78 is 0. The van der Waals surface area contributed by atoms with Crippen LogP contribution in [0.1, 0.15) is 19.3 Å². The Labute approximate surface area is 64.8 Å². The van der Waals surface area contributed by atoms with Crippen molar-refractivity contribution in [3.8, 4) is 0 Å². The van der Waals surface area contributed by atoms with E-state index in [2.05, 4.69) is 5.32 Å². The Hall–Kier alpha value is -0.160. The number of aliphatic hydroxyl groups is 3. The number of piperidine rings is 1. The van der Waals surface area contributed by atoms with Gasteiger partial charge in [-0.15, -0.1) is 0 Å². The molecule has 0 radical (unpaired) electrons. The van der Waals surface area contributed by atoms with Crippen molar-refractivity contribution in [2.75, 3.05) is 0 Å². The number of hydrogen-bond donors (Lipinski definition) is 4. The number of aliphatic hydroxyl groups excluding tert-OH is 2. The first-order chi connectivity index (χ1) is 5.13. The molecule has 2 rings (SSSR count). The van der Waals surface area contributed by atoms with Gasteiger partial charge in [-0.3, -0.25) is 5.32 Å². The van der Waals surface area contributed by atoms with Crippen LogP contribution in [-0.2, 0) is 0 Å². The van der Waals surface area contributed by atoms with Crippen molar-refractivity contribution in [2.45, 2.75) is 43.2 Å². The highest BCUT2D eigenvalue weighted by molar-refractivity contribution is 5.04. The molecule has 2 aliphatic heterocycles. The van der Waals surface area contributed by atoms with E-state index in [9.17, 15) is 15.3 Å². The predicted octanol–water partition coefficient (Wildman–Crippen LogP) is -1.45. The minimum atomic E-state index is -1.43. The number of fused-ring (bicyclic) bond motifs is 2. The zero-order chi connectivity index (χ0) is 8.06. The molecule has 4 N–H and O–H groups in total. The van der Waals surface area contributed by atoms with Gasteiger partial charge in [-0.25, -0.2) is 0 Å². The largest absolute Gasteiger partial charge is 0.389 e. The Morgan fingerprint density at radius 1 is 1.18 bits per heavy atom. The third kappa shape index (κ3) is 0.906. The number of hydrogen-bond acceptors (Lipinski definition) is 4. The van der Waals surface area contributed by atoms with E-state index in [0.29, 0.717) is 12.8 Å². The average molecular weight is 159 g/mol. The van der Waals surface area contributed by atoms with Crippen LogP contribution in [0.4, 0.5) is 0 Å². The first-order valence-corrected chi connectivity index (χ1v) is 3.99. The lowest BCUT2D eigenvalue weighted by atomic mass is 9.98. The molecule has 11 heavy (non-hydrogen) atoms. The number of rotatable bonds is 0. The molecular formula is C7H13NO3. The molecule has 0 aromatic heterocycles. The average Bonchev–Trinajstić information content (AvgIpc) is 2.19. The van der Waals surface area contributed by atoms with Gasteiger partial charge in [-0.2, -0.15) is 0 Å². The lowest BCUT2D eigenvalue weighted by Crippen LogP contribution is -2.60. The Morgan fingerprint density at radius 2 is 1.91 bits per heavy atom. The molecule has 2 aliphatic rings. The Kier molecular flexibility index (Phi) is 1.47. The summed E-state index contributed by atoms with van der Waals surface area (Å²) in [5.41, 5.74) is -1.43. The SMILES string of the molecule is O[C@H]1CC[C@H]2C[C@H](O)[C@]1(O)N2. The van der Waals surface area contributed by atoms with Crippen LogP contribution >= 0.6 is 0 Å². The van der Waals surface area contributed by atoms with Crippen LogP contribution in [0.2, 0.25) is 0 Å². The van der Waals surface area contributed by atoms with Crippen molar-refractivity contribution in [2.24, 2.45) is 0 Å². The second-order valence-electron chi connectivity index (χ2n) is 3.51. The molecule has 4 atom stereocenters. The van der Waals surface area contributed by atoms with Gasteiger partial charge in [0.05, 0.1) is 6.10 Å². The van der Waals surface area contributed by atoms with Gasteiger partial charge >= 0.3 is 0 Å². The third-order valence-electron chi connectivity index (χ3n) is 2.75. The highest BCUT2D eigenvalue weighted by Gasteiger charge is 2.52. The second kappa shape index (κ2) is 2.17. The van der Waals surface area contributed by atoms with Gasteiger partial charge in [0.2, 0.25) is 0 Å². The quantitative estimate of drug-likeness (QED) is 0.349. The molecule has 0 aromatic rings. The van der Waals surface area contributed by atoms with E-state index in [-0.39, 0.29) is 6.04 Å².